The van der Waals surface area contributed by atoms with Gasteiger partial charge in [0.25, 0.3) is 0 Å². The molecule has 0 aliphatic rings. The van der Waals surface area contributed by atoms with E-state index in [9.17, 15) is 18.8 Å². The summed E-state index contributed by atoms with van der Waals surface area (Å²) in [6.07, 6.45) is 0.863. The fourth-order valence-corrected chi connectivity index (χ4v) is 3.06. The standard InChI is InChI=1S/C18H25FN2O4S/c1-4-18(5-2,10-16(23)24)21-17(25)12(3)26-11-15(22)20-14-8-6-13(19)7-9-14/h6-9,12H,4-5,10-11H2,1-3H3,(H,20,22)(H,21,25)(H,23,24). The van der Waals surface area contributed by atoms with E-state index in [1.165, 1.54) is 24.3 Å². The van der Waals surface area contributed by atoms with Crippen LogP contribution in [0, 0.1) is 5.82 Å². The molecule has 1 aromatic carbocycles. The summed E-state index contributed by atoms with van der Waals surface area (Å²) < 4.78 is 12.8. The van der Waals surface area contributed by atoms with Crippen LogP contribution in [0.25, 0.3) is 0 Å². The number of hydrogen-bond donors (Lipinski definition) is 3. The molecule has 0 heterocycles. The van der Waals surface area contributed by atoms with Crippen LogP contribution in [0.3, 0.4) is 0 Å². The quantitative estimate of drug-likeness (QED) is 0.576. The van der Waals surface area contributed by atoms with Crippen LogP contribution in [0.15, 0.2) is 24.3 Å². The monoisotopic (exact) mass is 384 g/mol. The second-order valence-electron chi connectivity index (χ2n) is 6.06. The summed E-state index contributed by atoms with van der Waals surface area (Å²) in [6.45, 7) is 5.34. The Morgan fingerprint density at radius 1 is 1.19 bits per heavy atom. The van der Waals surface area contributed by atoms with Crippen LogP contribution in [0.4, 0.5) is 10.1 Å². The molecule has 0 aliphatic carbocycles. The van der Waals surface area contributed by atoms with Gasteiger partial charge in [-0.2, -0.15) is 0 Å². The third-order valence-electron chi connectivity index (χ3n) is 4.19. The molecule has 26 heavy (non-hydrogen) atoms. The number of benzene rings is 1. The van der Waals surface area contributed by atoms with Crippen molar-refractivity contribution in [2.45, 2.75) is 50.8 Å². The van der Waals surface area contributed by atoms with Crippen molar-refractivity contribution in [1.29, 1.82) is 0 Å². The lowest BCUT2D eigenvalue weighted by Gasteiger charge is -2.32. The van der Waals surface area contributed by atoms with E-state index in [2.05, 4.69) is 10.6 Å². The zero-order valence-electron chi connectivity index (χ0n) is 15.2. The second kappa shape index (κ2) is 10.2. The van der Waals surface area contributed by atoms with Crippen LogP contribution in [0.5, 0.6) is 0 Å². The van der Waals surface area contributed by atoms with Gasteiger partial charge in [-0.05, 0) is 44.0 Å². The summed E-state index contributed by atoms with van der Waals surface area (Å²) in [5.74, 6) is -1.90. The molecule has 0 aliphatic heterocycles. The first-order valence-corrected chi connectivity index (χ1v) is 9.47. The normalized spacial score (nSPS) is 12.3. The molecule has 6 nitrogen and oxygen atoms in total. The maximum atomic E-state index is 12.8. The molecule has 0 radical (unpaired) electrons. The number of amides is 2. The lowest BCUT2D eigenvalue weighted by atomic mass is 9.89. The number of carbonyl (C=O) groups is 3. The Kier molecular flexibility index (Phi) is 8.57. The number of anilines is 1. The van der Waals surface area contributed by atoms with Gasteiger partial charge in [0.15, 0.2) is 0 Å². The second-order valence-corrected chi connectivity index (χ2v) is 7.38. The lowest BCUT2D eigenvalue weighted by molar-refractivity contribution is -0.139. The predicted octanol–water partition coefficient (Wildman–Crippen LogP) is 3.04. The fraction of sp³-hybridized carbons (Fsp3) is 0.500. The first kappa shape index (κ1) is 22.0. The van der Waals surface area contributed by atoms with Gasteiger partial charge in [0.05, 0.1) is 17.4 Å². The van der Waals surface area contributed by atoms with E-state index in [1.807, 2.05) is 13.8 Å². The molecule has 1 atom stereocenters. The van der Waals surface area contributed by atoms with E-state index in [0.717, 1.165) is 11.8 Å². The number of thioether (sulfide) groups is 1. The zero-order chi connectivity index (χ0) is 19.7. The molecule has 0 saturated heterocycles. The van der Waals surface area contributed by atoms with Gasteiger partial charge in [-0.25, -0.2) is 4.39 Å². The Labute approximate surface area is 156 Å². The minimum absolute atomic E-state index is 0.0517. The van der Waals surface area contributed by atoms with E-state index < -0.39 is 16.8 Å². The van der Waals surface area contributed by atoms with Gasteiger partial charge < -0.3 is 15.7 Å². The molecule has 0 bridgehead atoms. The highest BCUT2D eigenvalue weighted by atomic mass is 32.2. The highest BCUT2D eigenvalue weighted by Crippen LogP contribution is 2.22. The van der Waals surface area contributed by atoms with Crippen LogP contribution >= 0.6 is 11.8 Å². The number of carboxylic acids is 1. The summed E-state index contributed by atoms with van der Waals surface area (Å²) >= 11 is 1.15. The summed E-state index contributed by atoms with van der Waals surface area (Å²) in [5, 5.41) is 14.0. The smallest absolute Gasteiger partial charge is 0.305 e. The maximum absolute atomic E-state index is 12.8. The molecule has 2 amide bonds. The van der Waals surface area contributed by atoms with Gasteiger partial charge in [-0.1, -0.05) is 13.8 Å². The third-order valence-corrected chi connectivity index (χ3v) is 5.34. The molecule has 0 saturated carbocycles. The minimum atomic E-state index is -0.965. The van der Waals surface area contributed by atoms with Gasteiger partial charge in [-0.15, -0.1) is 11.8 Å². The van der Waals surface area contributed by atoms with Crippen molar-refractivity contribution >= 4 is 35.2 Å². The van der Waals surface area contributed by atoms with Crippen LogP contribution < -0.4 is 10.6 Å². The summed E-state index contributed by atoms with van der Waals surface area (Å²) in [5.41, 5.74) is -0.305. The van der Waals surface area contributed by atoms with Crippen molar-refractivity contribution in [2.75, 3.05) is 11.1 Å². The Hall–Kier alpha value is -2.09. The minimum Gasteiger partial charge on any atom is -0.481 e. The largest absolute Gasteiger partial charge is 0.481 e. The molecule has 1 aromatic rings. The van der Waals surface area contributed by atoms with Crippen molar-refractivity contribution in [3.63, 3.8) is 0 Å². The van der Waals surface area contributed by atoms with Crippen molar-refractivity contribution in [1.82, 2.24) is 5.32 Å². The first-order chi connectivity index (χ1) is 12.2. The van der Waals surface area contributed by atoms with Gasteiger partial charge in [0, 0.05) is 11.2 Å². The van der Waals surface area contributed by atoms with Gasteiger partial charge in [0.1, 0.15) is 5.82 Å². The van der Waals surface area contributed by atoms with Crippen molar-refractivity contribution in [3.8, 4) is 0 Å². The molecule has 3 N–H and O–H groups in total. The molecule has 0 spiro atoms. The average Bonchev–Trinajstić information content (AvgIpc) is 2.60. The molecule has 8 heteroatoms. The van der Waals surface area contributed by atoms with E-state index in [1.54, 1.807) is 6.92 Å². The summed E-state index contributed by atoms with van der Waals surface area (Å²) in [6, 6.07) is 5.40. The van der Waals surface area contributed by atoms with Gasteiger partial charge in [-0.3, -0.25) is 14.4 Å². The molecule has 144 valence electrons. The summed E-state index contributed by atoms with van der Waals surface area (Å²) in [4.78, 5) is 35.4. The van der Waals surface area contributed by atoms with E-state index >= 15 is 0 Å². The fourth-order valence-electron chi connectivity index (χ4n) is 2.38. The predicted molar refractivity (Wildman–Crippen MR) is 101 cm³/mol. The van der Waals surface area contributed by atoms with Gasteiger partial charge >= 0.3 is 5.97 Å². The number of rotatable bonds is 10. The number of carbonyl (C=O) groups excluding carboxylic acids is 2. The number of aliphatic carboxylic acids is 1. The Morgan fingerprint density at radius 2 is 1.77 bits per heavy atom. The lowest BCUT2D eigenvalue weighted by Crippen LogP contribution is -2.51. The molecular weight excluding hydrogens is 359 g/mol. The third kappa shape index (κ3) is 7.03. The number of halogens is 1. The van der Waals surface area contributed by atoms with Crippen LogP contribution in [0.2, 0.25) is 0 Å². The van der Waals surface area contributed by atoms with Crippen molar-refractivity contribution < 1.29 is 23.9 Å². The van der Waals surface area contributed by atoms with Gasteiger partial charge in [0.2, 0.25) is 11.8 Å². The molecular formula is C18H25FN2O4S. The topological polar surface area (TPSA) is 95.5 Å². The van der Waals surface area contributed by atoms with Crippen LogP contribution in [-0.2, 0) is 14.4 Å². The Morgan fingerprint density at radius 3 is 2.27 bits per heavy atom. The van der Waals surface area contributed by atoms with Crippen molar-refractivity contribution in [3.05, 3.63) is 30.1 Å². The number of nitrogens with one attached hydrogen (secondary N) is 2. The number of hydrogen-bond acceptors (Lipinski definition) is 4. The zero-order valence-corrected chi connectivity index (χ0v) is 16.0. The van der Waals surface area contributed by atoms with Crippen LogP contribution in [0.1, 0.15) is 40.0 Å². The number of carboxylic acid groups (broad SMARTS) is 1. The summed E-state index contributed by atoms with van der Waals surface area (Å²) in [7, 11) is 0. The van der Waals surface area contributed by atoms with E-state index in [0.29, 0.717) is 18.5 Å². The highest BCUT2D eigenvalue weighted by Gasteiger charge is 2.32. The van der Waals surface area contributed by atoms with Crippen molar-refractivity contribution in [2.24, 2.45) is 0 Å². The van der Waals surface area contributed by atoms with E-state index in [4.69, 9.17) is 5.11 Å². The van der Waals surface area contributed by atoms with Crippen LogP contribution in [-0.4, -0.2) is 39.4 Å². The molecule has 1 rings (SSSR count). The first-order valence-electron chi connectivity index (χ1n) is 8.42. The Bertz CT molecular complexity index is 633. The maximum Gasteiger partial charge on any atom is 0.305 e. The molecule has 0 fully saturated rings. The molecule has 1 unspecified atom stereocenters. The van der Waals surface area contributed by atoms with E-state index in [-0.39, 0.29) is 29.8 Å². The SMILES string of the molecule is CCC(CC)(CC(=O)O)NC(=O)C(C)SCC(=O)Nc1ccc(F)cc1. The molecule has 0 aromatic heterocycles. The highest BCUT2D eigenvalue weighted by molar-refractivity contribution is 8.01. The Balaban J connectivity index is 2.53. The average molecular weight is 384 g/mol.